The van der Waals surface area contributed by atoms with E-state index in [1.807, 2.05) is 13.8 Å². The van der Waals surface area contributed by atoms with E-state index in [1.165, 1.54) is 32.2 Å². The van der Waals surface area contributed by atoms with Crippen LogP contribution < -0.4 is 5.32 Å². The average Bonchev–Trinajstić information content (AvgIpc) is 2.51. The van der Waals surface area contributed by atoms with Crippen LogP contribution in [0.3, 0.4) is 0 Å². The molecule has 1 aliphatic carbocycles. The van der Waals surface area contributed by atoms with E-state index in [1.54, 1.807) is 0 Å². The highest BCUT2D eigenvalue weighted by atomic mass is 14.8. The third-order valence-corrected chi connectivity index (χ3v) is 4.24. The van der Waals surface area contributed by atoms with Crippen molar-refractivity contribution < 1.29 is 0 Å². The van der Waals surface area contributed by atoms with Gasteiger partial charge in [-0.2, -0.15) is 0 Å². The molecule has 0 aliphatic heterocycles. The molecule has 1 fully saturated rings. The van der Waals surface area contributed by atoms with E-state index in [0.29, 0.717) is 0 Å². The van der Waals surface area contributed by atoms with Crippen molar-refractivity contribution in [2.45, 2.75) is 67.2 Å². The molecule has 0 radical (unpaired) electrons. The van der Waals surface area contributed by atoms with Crippen LogP contribution in [-0.2, 0) is 0 Å². The second-order valence-electron chi connectivity index (χ2n) is 5.72. The van der Waals surface area contributed by atoms with E-state index >= 15 is 0 Å². The molecule has 0 aromatic rings. The van der Waals surface area contributed by atoms with Crippen LogP contribution in [-0.4, -0.2) is 13.1 Å². The lowest BCUT2D eigenvalue weighted by molar-refractivity contribution is 0.259. The molecule has 1 nitrogen and oxygen atoms in total. The Labute approximate surface area is 110 Å². The topological polar surface area (TPSA) is 12.0 Å². The first-order valence-corrected chi connectivity index (χ1v) is 7.85. The van der Waals surface area contributed by atoms with Gasteiger partial charge in [0.1, 0.15) is 0 Å². The minimum atomic E-state index is 0.874. The van der Waals surface area contributed by atoms with E-state index in [4.69, 9.17) is 0 Å². The zero-order valence-electron chi connectivity index (χ0n) is 13.1. The highest BCUT2D eigenvalue weighted by Gasteiger charge is 2.26. The first-order valence-electron chi connectivity index (χ1n) is 7.85. The first-order chi connectivity index (χ1) is 8.15. The quantitative estimate of drug-likeness (QED) is 0.702. The molecule has 0 saturated heterocycles. The zero-order valence-corrected chi connectivity index (χ0v) is 13.1. The lowest BCUT2D eigenvalue weighted by Gasteiger charge is -2.26. The first kappa shape index (κ1) is 17.0. The van der Waals surface area contributed by atoms with Crippen LogP contribution in [0.2, 0.25) is 0 Å². The molecule has 0 bridgehead atoms. The molecule has 1 saturated carbocycles. The van der Waals surface area contributed by atoms with E-state index in [-0.39, 0.29) is 0 Å². The summed E-state index contributed by atoms with van der Waals surface area (Å²) < 4.78 is 0. The van der Waals surface area contributed by atoms with Gasteiger partial charge in [0, 0.05) is 0 Å². The third kappa shape index (κ3) is 6.45. The summed E-state index contributed by atoms with van der Waals surface area (Å²) in [6.45, 7) is 15.8. The Morgan fingerprint density at radius 2 is 1.82 bits per heavy atom. The third-order valence-electron chi connectivity index (χ3n) is 4.24. The van der Waals surface area contributed by atoms with Crippen molar-refractivity contribution in [3.05, 3.63) is 0 Å². The summed E-state index contributed by atoms with van der Waals surface area (Å²) in [6, 6.07) is 0. The van der Waals surface area contributed by atoms with Crippen LogP contribution in [0, 0.1) is 23.7 Å². The van der Waals surface area contributed by atoms with Gasteiger partial charge in [-0.15, -0.1) is 0 Å². The molecule has 0 amide bonds. The Morgan fingerprint density at radius 1 is 1.18 bits per heavy atom. The monoisotopic (exact) mass is 241 g/mol. The minimum absolute atomic E-state index is 0.874. The van der Waals surface area contributed by atoms with E-state index in [0.717, 1.165) is 30.2 Å². The molecule has 1 N–H and O–H groups in total. The Balaban J connectivity index is 0.00000121. The fraction of sp³-hybridized carbons (Fsp3) is 1.00. The fourth-order valence-electron chi connectivity index (χ4n) is 2.90. The van der Waals surface area contributed by atoms with Crippen molar-refractivity contribution in [3.8, 4) is 0 Å². The maximum absolute atomic E-state index is 3.54. The van der Waals surface area contributed by atoms with Crippen LogP contribution in [0.4, 0.5) is 0 Å². The molecule has 1 aliphatic rings. The summed E-state index contributed by atoms with van der Waals surface area (Å²) in [5.74, 6) is 3.69. The molecule has 17 heavy (non-hydrogen) atoms. The standard InChI is InChI=1S/C14H29N.C2H6/c1-5-15-10-14-9-13(11(2)3)8-6-7-12(14)4;1-2/h11-15H,5-10H2,1-4H3;1-2H3. The predicted molar refractivity (Wildman–Crippen MR) is 79.3 cm³/mol. The lowest BCUT2D eigenvalue weighted by atomic mass is 9.82. The van der Waals surface area contributed by atoms with E-state index in [9.17, 15) is 0 Å². The van der Waals surface area contributed by atoms with Gasteiger partial charge in [0.05, 0.1) is 0 Å². The maximum Gasteiger partial charge on any atom is -0.00180 e. The number of hydrogen-bond acceptors (Lipinski definition) is 1. The van der Waals surface area contributed by atoms with E-state index in [2.05, 4.69) is 33.0 Å². The number of rotatable bonds is 4. The summed E-state index contributed by atoms with van der Waals surface area (Å²) in [4.78, 5) is 0. The summed E-state index contributed by atoms with van der Waals surface area (Å²) in [5, 5.41) is 3.54. The largest absolute Gasteiger partial charge is 0.317 e. The van der Waals surface area contributed by atoms with Crippen LogP contribution in [0.15, 0.2) is 0 Å². The van der Waals surface area contributed by atoms with Crippen LogP contribution in [0.1, 0.15) is 67.2 Å². The predicted octanol–water partition coefficient (Wildman–Crippen LogP) is 4.72. The molecule has 3 unspecified atom stereocenters. The van der Waals surface area contributed by atoms with Crippen molar-refractivity contribution >= 4 is 0 Å². The van der Waals surface area contributed by atoms with Gasteiger partial charge >= 0.3 is 0 Å². The Hall–Kier alpha value is -0.0400. The van der Waals surface area contributed by atoms with Gasteiger partial charge in [-0.25, -0.2) is 0 Å². The SMILES string of the molecule is CC.CCNCC1CC(C(C)C)CCCC1C. The fourth-order valence-corrected chi connectivity index (χ4v) is 2.90. The second-order valence-corrected chi connectivity index (χ2v) is 5.72. The summed E-state index contributed by atoms with van der Waals surface area (Å²) in [6.07, 6.45) is 5.81. The van der Waals surface area contributed by atoms with Crippen molar-refractivity contribution in [3.63, 3.8) is 0 Å². The van der Waals surface area contributed by atoms with Gasteiger partial charge in [0.15, 0.2) is 0 Å². The number of hydrogen-bond donors (Lipinski definition) is 1. The molecule has 3 atom stereocenters. The summed E-state index contributed by atoms with van der Waals surface area (Å²) in [7, 11) is 0. The molecular weight excluding hydrogens is 206 g/mol. The highest BCUT2D eigenvalue weighted by molar-refractivity contribution is 4.78. The van der Waals surface area contributed by atoms with Gasteiger partial charge in [-0.05, 0) is 43.2 Å². The van der Waals surface area contributed by atoms with Gasteiger partial charge in [0.2, 0.25) is 0 Å². The Morgan fingerprint density at radius 3 is 2.35 bits per heavy atom. The molecular formula is C16H35N. The molecule has 1 heteroatoms. The van der Waals surface area contributed by atoms with Gasteiger partial charge in [0.25, 0.3) is 0 Å². The highest BCUT2D eigenvalue weighted by Crippen LogP contribution is 2.35. The van der Waals surface area contributed by atoms with Crippen LogP contribution in [0.25, 0.3) is 0 Å². The molecule has 1 rings (SSSR count). The molecule has 0 aromatic heterocycles. The van der Waals surface area contributed by atoms with Crippen molar-refractivity contribution in [1.82, 2.24) is 5.32 Å². The van der Waals surface area contributed by atoms with E-state index < -0.39 is 0 Å². The van der Waals surface area contributed by atoms with Crippen LogP contribution in [0.5, 0.6) is 0 Å². The minimum Gasteiger partial charge on any atom is -0.317 e. The molecule has 0 heterocycles. The maximum atomic E-state index is 3.54. The van der Waals surface area contributed by atoms with Crippen molar-refractivity contribution in [2.75, 3.05) is 13.1 Å². The summed E-state index contributed by atoms with van der Waals surface area (Å²) in [5.41, 5.74) is 0. The summed E-state index contributed by atoms with van der Waals surface area (Å²) >= 11 is 0. The van der Waals surface area contributed by atoms with Gasteiger partial charge in [-0.3, -0.25) is 0 Å². The average molecular weight is 241 g/mol. The van der Waals surface area contributed by atoms with Gasteiger partial charge in [-0.1, -0.05) is 60.8 Å². The Kier molecular flexibility index (Phi) is 9.91. The number of nitrogens with one attached hydrogen (secondary N) is 1. The molecule has 104 valence electrons. The second kappa shape index (κ2) is 9.94. The molecule has 0 spiro atoms. The molecule has 0 aromatic carbocycles. The van der Waals surface area contributed by atoms with Crippen molar-refractivity contribution in [2.24, 2.45) is 23.7 Å². The smallest absolute Gasteiger partial charge is 0.00180 e. The zero-order chi connectivity index (χ0) is 13.3. The van der Waals surface area contributed by atoms with Crippen molar-refractivity contribution in [1.29, 1.82) is 0 Å². The Bertz CT molecular complexity index is 165. The van der Waals surface area contributed by atoms with Gasteiger partial charge < -0.3 is 5.32 Å². The lowest BCUT2D eigenvalue weighted by Crippen LogP contribution is -2.28. The van der Waals surface area contributed by atoms with Crippen LogP contribution >= 0.6 is 0 Å². The normalized spacial score (nSPS) is 29.5.